The molecule has 6 atom stereocenters. The predicted octanol–water partition coefficient (Wildman–Crippen LogP) is 4.10. The lowest BCUT2D eigenvalue weighted by Crippen LogP contribution is -2.26. The summed E-state index contributed by atoms with van der Waals surface area (Å²) in [6.07, 6.45) is 7.76. The Bertz CT molecular complexity index is 242. The first kappa shape index (κ1) is 9.24. The topological polar surface area (TPSA) is 0 Å². The van der Waals surface area contributed by atoms with E-state index in [1.165, 1.54) is 6.42 Å². The van der Waals surface area contributed by atoms with Gasteiger partial charge in [-0.2, -0.15) is 0 Å². The van der Waals surface area contributed by atoms with Gasteiger partial charge in [-0.3, -0.25) is 0 Å². The van der Waals surface area contributed by atoms with Crippen LogP contribution in [0.1, 0.15) is 52.9 Å². The maximum Gasteiger partial charge on any atom is -0.0235 e. The van der Waals surface area contributed by atoms with Crippen LogP contribution in [0.15, 0.2) is 0 Å². The van der Waals surface area contributed by atoms with Crippen LogP contribution in [0, 0.1) is 35.0 Å². The van der Waals surface area contributed by atoms with Crippen LogP contribution in [0.3, 0.4) is 0 Å². The molecule has 1 spiro atoms. The molecule has 0 aromatic carbocycles. The fourth-order valence-electron chi connectivity index (χ4n) is 5.62. The van der Waals surface area contributed by atoms with E-state index in [2.05, 4.69) is 20.8 Å². The van der Waals surface area contributed by atoms with E-state index >= 15 is 0 Å². The number of rotatable bonds is 1. The summed E-state index contributed by atoms with van der Waals surface area (Å²) in [6.45, 7) is 7.50. The van der Waals surface area contributed by atoms with Crippen LogP contribution >= 0.6 is 0 Å². The lowest BCUT2D eigenvalue weighted by Gasteiger charge is -2.34. The van der Waals surface area contributed by atoms with Crippen LogP contribution in [0.25, 0.3) is 0 Å². The third-order valence-electron chi connectivity index (χ3n) is 6.37. The Morgan fingerprint density at radius 3 is 2.71 bits per heavy atom. The average molecular weight is 192 g/mol. The Morgan fingerprint density at radius 2 is 2.07 bits per heavy atom. The van der Waals surface area contributed by atoms with E-state index in [1.54, 1.807) is 25.7 Å². The second kappa shape index (κ2) is 2.77. The summed E-state index contributed by atoms with van der Waals surface area (Å²) in [5.41, 5.74) is 0.824. The Labute approximate surface area is 88.5 Å². The zero-order valence-electron chi connectivity index (χ0n) is 9.92. The van der Waals surface area contributed by atoms with E-state index in [4.69, 9.17) is 0 Å². The van der Waals surface area contributed by atoms with Crippen LogP contribution in [0.4, 0.5) is 0 Å². The van der Waals surface area contributed by atoms with Crippen molar-refractivity contribution in [2.45, 2.75) is 52.9 Å². The molecule has 0 heteroatoms. The van der Waals surface area contributed by atoms with Gasteiger partial charge in [0.15, 0.2) is 0 Å². The normalized spacial score (nSPS) is 60.6. The SMILES string of the molecule is CCC1C(C)C(C)[C@@]23CC[C@@H](CC12)C3. The molecule has 3 rings (SSSR count). The summed E-state index contributed by atoms with van der Waals surface area (Å²) < 4.78 is 0. The molecule has 0 amide bonds. The fourth-order valence-corrected chi connectivity index (χ4v) is 5.62. The monoisotopic (exact) mass is 192 g/mol. The van der Waals surface area contributed by atoms with Crippen molar-refractivity contribution < 1.29 is 0 Å². The largest absolute Gasteiger partial charge is 0.0651 e. The zero-order chi connectivity index (χ0) is 9.92. The van der Waals surface area contributed by atoms with Crippen molar-refractivity contribution in [2.75, 3.05) is 0 Å². The second-order valence-electron chi connectivity index (χ2n) is 6.40. The first-order valence-electron chi connectivity index (χ1n) is 6.69. The number of hydrogen-bond donors (Lipinski definition) is 0. The van der Waals surface area contributed by atoms with Gasteiger partial charge in [0.05, 0.1) is 0 Å². The quantitative estimate of drug-likeness (QED) is 0.586. The maximum absolute atomic E-state index is 2.56. The van der Waals surface area contributed by atoms with Crippen molar-refractivity contribution in [1.82, 2.24) is 0 Å². The summed E-state index contributed by atoms with van der Waals surface area (Å²) in [5, 5.41) is 0. The van der Waals surface area contributed by atoms with E-state index in [0.29, 0.717) is 0 Å². The molecule has 3 aliphatic carbocycles. The average Bonchev–Trinajstić information content (AvgIpc) is 2.80. The summed E-state index contributed by atoms with van der Waals surface area (Å²) in [5.74, 6) is 5.34. The van der Waals surface area contributed by atoms with Crippen molar-refractivity contribution in [3.63, 3.8) is 0 Å². The highest BCUT2D eigenvalue weighted by atomic mass is 14.7. The van der Waals surface area contributed by atoms with Gasteiger partial charge in [0.25, 0.3) is 0 Å². The molecule has 3 fully saturated rings. The minimum absolute atomic E-state index is 0.824. The highest BCUT2D eigenvalue weighted by molar-refractivity contribution is 5.11. The molecule has 4 unspecified atom stereocenters. The van der Waals surface area contributed by atoms with E-state index in [1.807, 2.05) is 0 Å². The van der Waals surface area contributed by atoms with Crippen LogP contribution in [-0.4, -0.2) is 0 Å². The highest BCUT2D eigenvalue weighted by Crippen LogP contribution is 2.70. The van der Waals surface area contributed by atoms with Crippen LogP contribution in [0.5, 0.6) is 0 Å². The molecule has 0 aromatic heterocycles. The van der Waals surface area contributed by atoms with Gasteiger partial charge in [-0.15, -0.1) is 0 Å². The summed E-state index contributed by atoms with van der Waals surface area (Å²) in [7, 11) is 0. The zero-order valence-corrected chi connectivity index (χ0v) is 9.92. The minimum Gasteiger partial charge on any atom is -0.0651 e. The van der Waals surface area contributed by atoms with Gasteiger partial charge in [0.1, 0.15) is 0 Å². The third-order valence-corrected chi connectivity index (χ3v) is 6.37. The van der Waals surface area contributed by atoms with Crippen LogP contribution < -0.4 is 0 Å². The Morgan fingerprint density at radius 1 is 1.29 bits per heavy atom. The molecular weight excluding hydrogens is 168 g/mol. The van der Waals surface area contributed by atoms with Crippen molar-refractivity contribution in [1.29, 1.82) is 0 Å². The molecule has 14 heavy (non-hydrogen) atoms. The highest BCUT2D eigenvalue weighted by Gasteiger charge is 2.62. The molecule has 0 saturated heterocycles. The molecule has 80 valence electrons. The van der Waals surface area contributed by atoms with Crippen LogP contribution in [0.2, 0.25) is 0 Å². The van der Waals surface area contributed by atoms with Gasteiger partial charge < -0.3 is 0 Å². The van der Waals surface area contributed by atoms with Crippen molar-refractivity contribution in [3.05, 3.63) is 0 Å². The van der Waals surface area contributed by atoms with Gasteiger partial charge >= 0.3 is 0 Å². The molecule has 0 nitrogen and oxygen atoms in total. The Kier molecular flexibility index (Phi) is 1.83. The molecule has 0 radical (unpaired) electrons. The van der Waals surface area contributed by atoms with Gasteiger partial charge in [-0.1, -0.05) is 27.2 Å². The molecule has 0 aromatic rings. The third kappa shape index (κ3) is 0.864. The molecule has 3 aliphatic rings. The van der Waals surface area contributed by atoms with Gasteiger partial charge in [0, 0.05) is 0 Å². The van der Waals surface area contributed by atoms with E-state index in [-0.39, 0.29) is 0 Å². The first-order valence-corrected chi connectivity index (χ1v) is 6.69. The van der Waals surface area contributed by atoms with Gasteiger partial charge in [0.2, 0.25) is 0 Å². The Balaban J connectivity index is 1.97. The summed E-state index contributed by atoms with van der Waals surface area (Å²) in [4.78, 5) is 0. The van der Waals surface area contributed by atoms with E-state index in [0.717, 1.165) is 35.0 Å². The molecule has 3 saturated carbocycles. The molecule has 0 N–H and O–H groups in total. The minimum atomic E-state index is 0.824. The van der Waals surface area contributed by atoms with Crippen LogP contribution in [-0.2, 0) is 0 Å². The van der Waals surface area contributed by atoms with Crippen molar-refractivity contribution in [3.8, 4) is 0 Å². The summed E-state index contributed by atoms with van der Waals surface area (Å²) in [6, 6.07) is 0. The summed E-state index contributed by atoms with van der Waals surface area (Å²) >= 11 is 0. The van der Waals surface area contributed by atoms with E-state index < -0.39 is 0 Å². The molecule has 2 bridgehead atoms. The second-order valence-corrected chi connectivity index (χ2v) is 6.40. The number of fused-ring (bicyclic) bond motifs is 1. The molecule has 0 aliphatic heterocycles. The van der Waals surface area contributed by atoms with Gasteiger partial charge in [-0.25, -0.2) is 0 Å². The lowest BCUT2D eigenvalue weighted by molar-refractivity contribution is 0.150. The van der Waals surface area contributed by atoms with Crippen molar-refractivity contribution in [2.24, 2.45) is 35.0 Å². The fraction of sp³-hybridized carbons (Fsp3) is 1.00. The first-order chi connectivity index (χ1) is 6.69. The van der Waals surface area contributed by atoms with Crippen molar-refractivity contribution >= 4 is 0 Å². The predicted molar refractivity (Wildman–Crippen MR) is 60.0 cm³/mol. The number of hydrogen-bond acceptors (Lipinski definition) is 0. The maximum atomic E-state index is 2.56. The molecule has 0 heterocycles. The molecular formula is C14H24. The van der Waals surface area contributed by atoms with Gasteiger partial charge in [-0.05, 0) is 60.7 Å². The smallest absolute Gasteiger partial charge is 0.0235 e. The van der Waals surface area contributed by atoms with E-state index in [9.17, 15) is 0 Å². The lowest BCUT2D eigenvalue weighted by atomic mass is 9.71. The standard InChI is InChI=1S/C14H24/c1-4-12-9(2)10(3)14-6-5-11(8-14)7-13(12)14/h9-13H,4-8H2,1-3H3/t9?,10?,11-,12?,13?,14-/m0/s1. The Hall–Kier alpha value is 0.